The van der Waals surface area contributed by atoms with Gasteiger partial charge in [-0.15, -0.1) is 0 Å². The monoisotopic (exact) mass is 211 g/mol. The lowest BCUT2D eigenvalue weighted by Gasteiger charge is -2.24. The molecule has 0 aliphatic heterocycles. The minimum atomic E-state index is -0.950. The van der Waals surface area contributed by atoms with Crippen LogP contribution in [-0.4, -0.2) is 18.2 Å². The largest absolute Gasteiger partial charge is 0.384 e. The topological polar surface area (TPSA) is 32.3 Å². The van der Waals surface area contributed by atoms with Crippen molar-refractivity contribution in [1.29, 1.82) is 0 Å². The van der Waals surface area contributed by atoms with E-state index in [0.29, 0.717) is 12.1 Å². The van der Waals surface area contributed by atoms with Crippen molar-refractivity contribution in [2.24, 2.45) is 0 Å². The summed E-state index contributed by atoms with van der Waals surface area (Å²) >= 11 is 0. The van der Waals surface area contributed by atoms with Crippen LogP contribution in [0.25, 0.3) is 0 Å². The summed E-state index contributed by atoms with van der Waals surface area (Å²) in [6, 6.07) is 4.71. The number of nitrogens with one attached hydrogen (secondary N) is 1. The molecule has 1 aromatic rings. The van der Waals surface area contributed by atoms with Crippen molar-refractivity contribution in [1.82, 2.24) is 5.32 Å². The first kappa shape index (κ1) is 12.1. The molecule has 0 aliphatic carbocycles. The molecule has 15 heavy (non-hydrogen) atoms. The number of aryl methyl sites for hydroxylation is 1. The molecule has 1 aromatic carbocycles. The lowest BCUT2D eigenvalue weighted by Crippen LogP contribution is -2.35. The molecule has 3 heteroatoms. The third-order valence-electron chi connectivity index (χ3n) is 2.50. The zero-order valence-corrected chi connectivity index (χ0v) is 9.47. The molecular weight excluding hydrogens is 193 g/mol. The molecule has 0 radical (unpaired) electrons. The molecule has 1 unspecified atom stereocenters. The van der Waals surface area contributed by atoms with E-state index in [1.165, 1.54) is 6.07 Å². The van der Waals surface area contributed by atoms with E-state index in [1.807, 2.05) is 6.92 Å². The number of likely N-dealkylation sites (N-methyl/N-ethyl adjacent to an activating group) is 1. The van der Waals surface area contributed by atoms with Crippen LogP contribution in [0.1, 0.15) is 25.0 Å². The fraction of sp³-hybridized carbons (Fsp3) is 0.500. The van der Waals surface area contributed by atoms with Gasteiger partial charge in [0.1, 0.15) is 5.82 Å². The summed E-state index contributed by atoms with van der Waals surface area (Å²) in [5, 5.41) is 13.2. The highest BCUT2D eigenvalue weighted by Crippen LogP contribution is 2.21. The molecule has 0 aromatic heterocycles. The maximum Gasteiger partial charge on any atom is 0.126 e. The van der Waals surface area contributed by atoms with Crippen LogP contribution in [0.15, 0.2) is 18.2 Å². The summed E-state index contributed by atoms with van der Waals surface area (Å²) in [5.74, 6) is -0.238. The van der Waals surface area contributed by atoms with Crippen LogP contribution in [0, 0.1) is 12.7 Å². The maximum absolute atomic E-state index is 13.0. The Kier molecular flexibility index (Phi) is 3.83. The fourth-order valence-electron chi connectivity index (χ4n) is 1.45. The molecule has 0 bridgehead atoms. The average Bonchev–Trinajstić information content (AvgIpc) is 2.19. The maximum atomic E-state index is 13.0. The lowest BCUT2D eigenvalue weighted by atomic mass is 9.94. The molecule has 0 saturated heterocycles. The van der Waals surface area contributed by atoms with Gasteiger partial charge in [0, 0.05) is 6.54 Å². The van der Waals surface area contributed by atoms with Gasteiger partial charge in [-0.05, 0) is 37.6 Å². The Bertz CT molecular complexity index is 336. The number of aliphatic hydroxyl groups is 1. The summed E-state index contributed by atoms with van der Waals surface area (Å²) in [5.41, 5.74) is 0.348. The fourth-order valence-corrected chi connectivity index (χ4v) is 1.45. The summed E-state index contributed by atoms with van der Waals surface area (Å²) < 4.78 is 13.0. The molecule has 0 aliphatic rings. The van der Waals surface area contributed by atoms with Crippen molar-refractivity contribution in [3.05, 3.63) is 35.1 Å². The number of halogens is 1. The van der Waals surface area contributed by atoms with Gasteiger partial charge in [0.25, 0.3) is 0 Å². The summed E-state index contributed by atoms with van der Waals surface area (Å²) in [7, 11) is 0. The highest BCUT2D eigenvalue weighted by Gasteiger charge is 2.22. The number of hydrogen-bond acceptors (Lipinski definition) is 2. The van der Waals surface area contributed by atoms with Crippen molar-refractivity contribution >= 4 is 0 Å². The van der Waals surface area contributed by atoms with Crippen LogP contribution >= 0.6 is 0 Å². The molecule has 1 atom stereocenters. The van der Waals surface area contributed by atoms with E-state index >= 15 is 0 Å². The molecule has 0 amide bonds. The van der Waals surface area contributed by atoms with E-state index in [-0.39, 0.29) is 5.82 Å². The smallest absolute Gasteiger partial charge is 0.126 e. The van der Waals surface area contributed by atoms with Gasteiger partial charge in [-0.2, -0.15) is 0 Å². The van der Waals surface area contributed by atoms with E-state index < -0.39 is 5.60 Å². The zero-order valence-electron chi connectivity index (χ0n) is 9.47. The highest BCUT2D eigenvalue weighted by molar-refractivity contribution is 5.28. The van der Waals surface area contributed by atoms with E-state index in [1.54, 1.807) is 26.0 Å². The van der Waals surface area contributed by atoms with Crippen molar-refractivity contribution < 1.29 is 9.50 Å². The van der Waals surface area contributed by atoms with E-state index in [0.717, 1.165) is 12.1 Å². The van der Waals surface area contributed by atoms with E-state index in [9.17, 15) is 9.50 Å². The summed E-state index contributed by atoms with van der Waals surface area (Å²) in [6.45, 7) is 6.67. The molecule has 84 valence electrons. The predicted molar refractivity (Wildman–Crippen MR) is 59.3 cm³/mol. The second kappa shape index (κ2) is 4.73. The SMILES string of the molecule is CCNCC(C)(O)c1ccc(F)c(C)c1. The van der Waals surface area contributed by atoms with Crippen LogP contribution in [-0.2, 0) is 5.60 Å². The Morgan fingerprint density at radius 3 is 2.67 bits per heavy atom. The van der Waals surface area contributed by atoms with Crippen LogP contribution < -0.4 is 5.32 Å². The van der Waals surface area contributed by atoms with Crippen molar-refractivity contribution in [3.8, 4) is 0 Å². The van der Waals surface area contributed by atoms with E-state index in [4.69, 9.17) is 0 Å². The molecule has 2 N–H and O–H groups in total. The quantitative estimate of drug-likeness (QED) is 0.798. The zero-order chi connectivity index (χ0) is 11.5. The van der Waals surface area contributed by atoms with Crippen LogP contribution in [0.5, 0.6) is 0 Å². The first-order valence-electron chi connectivity index (χ1n) is 5.17. The standard InChI is InChI=1S/C12H18FNO/c1-4-14-8-12(3,15)10-5-6-11(13)9(2)7-10/h5-7,14-15H,4,8H2,1-3H3. The molecular formula is C12H18FNO. The minimum absolute atomic E-state index is 0.238. The Morgan fingerprint density at radius 2 is 2.13 bits per heavy atom. The summed E-state index contributed by atoms with van der Waals surface area (Å²) in [4.78, 5) is 0. The second-order valence-corrected chi connectivity index (χ2v) is 4.02. The van der Waals surface area contributed by atoms with Crippen molar-refractivity contribution in [2.75, 3.05) is 13.1 Å². The first-order valence-corrected chi connectivity index (χ1v) is 5.17. The van der Waals surface area contributed by atoms with Gasteiger partial charge in [0.15, 0.2) is 0 Å². The Balaban J connectivity index is 2.89. The molecule has 0 spiro atoms. The van der Waals surface area contributed by atoms with Crippen LogP contribution in [0.2, 0.25) is 0 Å². The molecule has 0 heterocycles. The lowest BCUT2D eigenvalue weighted by molar-refractivity contribution is 0.0575. The second-order valence-electron chi connectivity index (χ2n) is 4.02. The van der Waals surface area contributed by atoms with E-state index in [2.05, 4.69) is 5.32 Å². The predicted octanol–water partition coefficient (Wildman–Crippen LogP) is 1.95. The number of hydrogen-bond donors (Lipinski definition) is 2. The van der Waals surface area contributed by atoms with Gasteiger partial charge < -0.3 is 10.4 Å². The summed E-state index contributed by atoms with van der Waals surface area (Å²) in [6.07, 6.45) is 0. The molecule has 1 rings (SSSR count). The van der Waals surface area contributed by atoms with Gasteiger partial charge in [-0.3, -0.25) is 0 Å². The van der Waals surface area contributed by atoms with Gasteiger partial charge in [-0.25, -0.2) is 4.39 Å². The van der Waals surface area contributed by atoms with Crippen LogP contribution in [0.4, 0.5) is 4.39 Å². The molecule has 0 saturated carbocycles. The number of benzene rings is 1. The third kappa shape index (κ3) is 3.01. The average molecular weight is 211 g/mol. The third-order valence-corrected chi connectivity index (χ3v) is 2.50. The van der Waals surface area contributed by atoms with Crippen molar-refractivity contribution in [2.45, 2.75) is 26.4 Å². The highest BCUT2D eigenvalue weighted by atomic mass is 19.1. The Hall–Kier alpha value is -0.930. The Morgan fingerprint density at radius 1 is 1.47 bits per heavy atom. The Labute approximate surface area is 90.1 Å². The van der Waals surface area contributed by atoms with Gasteiger partial charge in [0.05, 0.1) is 5.60 Å². The van der Waals surface area contributed by atoms with Crippen LogP contribution in [0.3, 0.4) is 0 Å². The minimum Gasteiger partial charge on any atom is -0.384 e. The van der Waals surface area contributed by atoms with Gasteiger partial charge >= 0.3 is 0 Å². The van der Waals surface area contributed by atoms with Crippen molar-refractivity contribution in [3.63, 3.8) is 0 Å². The first-order chi connectivity index (χ1) is 6.97. The normalized spacial score (nSPS) is 15.0. The van der Waals surface area contributed by atoms with Gasteiger partial charge in [-0.1, -0.05) is 19.1 Å². The molecule has 0 fully saturated rings. The molecule has 2 nitrogen and oxygen atoms in total. The number of rotatable bonds is 4. The van der Waals surface area contributed by atoms with Gasteiger partial charge in [0.2, 0.25) is 0 Å².